The first-order valence-electron chi connectivity index (χ1n) is 5.35. The molecule has 0 amide bonds. The van der Waals surface area contributed by atoms with Crippen molar-refractivity contribution in [1.82, 2.24) is 4.90 Å². The monoisotopic (exact) mass is 197 g/mol. The Morgan fingerprint density at radius 2 is 1.79 bits per heavy atom. The summed E-state index contributed by atoms with van der Waals surface area (Å²) >= 11 is 0. The number of hydrogen-bond acceptors (Lipinski definition) is 2. The lowest BCUT2D eigenvalue weighted by molar-refractivity contribution is -0.140. The highest BCUT2D eigenvalue weighted by Gasteiger charge is 2.53. The molecule has 3 rings (SSSR count). The number of hydrogen-bond donors (Lipinski definition) is 1. The van der Waals surface area contributed by atoms with Gasteiger partial charge in [-0.15, -0.1) is 0 Å². The third-order valence-electron chi connectivity index (χ3n) is 3.56. The highest BCUT2D eigenvalue weighted by molar-refractivity contribution is 5.66. The van der Waals surface area contributed by atoms with Crippen LogP contribution in [0, 0.1) is 10.8 Å². The lowest BCUT2D eigenvalue weighted by Gasteiger charge is -2.61. The van der Waals surface area contributed by atoms with Crippen LogP contribution in [0.1, 0.15) is 33.1 Å². The van der Waals surface area contributed by atoms with Gasteiger partial charge in [0, 0.05) is 19.6 Å². The highest BCUT2D eigenvalue weighted by atomic mass is 16.4. The predicted molar refractivity (Wildman–Crippen MR) is 54.1 cm³/mol. The molecule has 0 radical (unpaired) electrons. The van der Waals surface area contributed by atoms with Crippen LogP contribution in [0.2, 0.25) is 0 Å². The van der Waals surface area contributed by atoms with Crippen molar-refractivity contribution in [3.05, 3.63) is 0 Å². The van der Waals surface area contributed by atoms with Crippen LogP contribution < -0.4 is 0 Å². The summed E-state index contributed by atoms with van der Waals surface area (Å²) in [5, 5.41) is 8.62. The van der Waals surface area contributed by atoms with Crippen molar-refractivity contribution in [2.75, 3.05) is 19.6 Å². The Morgan fingerprint density at radius 1 is 1.29 bits per heavy atom. The second-order valence-corrected chi connectivity index (χ2v) is 5.83. The number of piperidine rings is 2. The zero-order valence-corrected chi connectivity index (χ0v) is 9.05. The standard InChI is InChI=1S/C11H19NO2/c1-10-5-11(2,6-10)8-12(7-10)4-3-9(13)14/h3-8H2,1-2H3,(H,13,14). The fourth-order valence-electron chi connectivity index (χ4n) is 3.78. The van der Waals surface area contributed by atoms with Crippen LogP contribution in [-0.2, 0) is 4.79 Å². The van der Waals surface area contributed by atoms with Crippen LogP contribution in [-0.4, -0.2) is 35.6 Å². The molecule has 0 unspecified atom stereocenters. The number of carboxylic acids is 1. The number of fused-ring (bicyclic) bond motifs is 2. The van der Waals surface area contributed by atoms with Gasteiger partial charge in [0.25, 0.3) is 0 Å². The summed E-state index contributed by atoms with van der Waals surface area (Å²) in [6.07, 6.45) is 2.93. The molecular formula is C11H19NO2. The molecule has 80 valence electrons. The third-order valence-corrected chi connectivity index (χ3v) is 3.56. The van der Waals surface area contributed by atoms with Crippen molar-refractivity contribution in [2.45, 2.75) is 33.1 Å². The van der Waals surface area contributed by atoms with Gasteiger partial charge >= 0.3 is 5.97 Å². The SMILES string of the molecule is CC12CN(CCC(=O)O)CC(C)(C1)C2. The number of nitrogens with zero attached hydrogens (tertiary/aromatic N) is 1. The molecule has 0 aromatic heterocycles. The third kappa shape index (κ3) is 1.78. The molecule has 0 atom stereocenters. The van der Waals surface area contributed by atoms with Gasteiger partial charge < -0.3 is 10.0 Å². The van der Waals surface area contributed by atoms with Crippen LogP contribution in [0.15, 0.2) is 0 Å². The van der Waals surface area contributed by atoms with E-state index in [0.29, 0.717) is 10.8 Å². The summed E-state index contributed by atoms with van der Waals surface area (Å²) in [5.74, 6) is -0.681. The van der Waals surface area contributed by atoms with E-state index < -0.39 is 5.97 Å². The van der Waals surface area contributed by atoms with Crippen molar-refractivity contribution < 1.29 is 9.90 Å². The van der Waals surface area contributed by atoms with Gasteiger partial charge in [0.2, 0.25) is 0 Å². The Kier molecular flexibility index (Phi) is 2.11. The molecule has 1 saturated carbocycles. The minimum atomic E-state index is -0.681. The Balaban J connectivity index is 1.88. The van der Waals surface area contributed by atoms with Gasteiger partial charge in [0.15, 0.2) is 0 Å². The van der Waals surface area contributed by atoms with E-state index >= 15 is 0 Å². The maximum atomic E-state index is 10.5. The van der Waals surface area contributed by atoms with Gasteiger partial charge in [-0.05, 0) is 23.7 Å². The normalized spacial score (nSPS) is 41.9. The predicted octanol–water partition coefficient (Wildman–Crippen LogP) is 1.58. The molecule has 2 bridgehead atoms. The number of aliphatic carboxylic acids is 1. The van der Waals surface area contributed by atoms with E-state index in [1.165, 1.54) is 12.8 Å². The summed E-state index contributed by atoms with van der Waals surface area (Å²) in [5.41, 5.74) is 0.955. The minimum Gasteiger partial charge on any atom is -0.481 e. The fraction of sp³-hybridized carbons (Fsp3) is 0.909. The molecule has 3 aliphatic rings. The van der Waals surface area contributed by atoms with E-state index in [1.54, 1.807) is 0 Å². The maximum Gasteiger partial charge on any atom is 0.304 e. The Labute approximate surface area is 85.1 Å². The zero-order valence-electron chi connectivity index (χ0n) is 9.05. The van der Waals surface area contributed by atoms with E-state index in [-0.39, 0.29) is 6.42 Å². The summed E-state index contributed by atoms with van der Waals surface area (Å²) in [6.45, 7) is 7.55. The van der Waals surface area contributed by atoms with Crippen molar-refractivity contribution in [3.63, 3.8) is 0 Å². The van der Waals surface area contributed by atoms with Crippen molar-refractivity contribution in [1.29, 1.82) is 0 Å². The van der Waals surface area contributed by atoms with E-state index in [2.05, 4.69) is 18.7 Å². The van der Waals surface area contributed by atoms with Crippen LogP contribution in [0.4, 0.5) is 0 Å². The first kappa shape index (κ1) is 9.97. The Bertz CT molecular complexity index is 240. The van der Waals surface area contributed by atoms with Crippen molar-refractivity contribution >= 4 is 5.97 Å². The molecule has 3 fully saturated rings. The molecule has 0 aromatic carbocycles. The molecule has 0 aromatic rings. The molecule has 2 saturated heterocycles. The van der Waals surface area contributed by atoms with Gasteiger partial charge in [-0.25, -0.2) is 0 Å². The fourth-order valence-corrected chi connectivity index (χ4v) is 3.78. The largest absolute Gasteiger partial charge is 0.481 e. The average Bonchev–Trinajstić information content (AvgIpc) is 1.96. The highest BCUT2D eigenvalue weighted by Crippen LogP contribution is 2.58. The first-order valence-corrected chi connectivity index (χ1v) is 5.35. The zero-order chi connectivity index (χ0) is 10.4. The van der Waals surface area contributed by atoms with Gasteiger partial charge in [-0.2, -0.15) is 0 Å². The van der Waals surface area contributed by atoms with Gasteiger partial charge in [0.1, 0.15) is 0 Å². The lowest BCUT2D eigenvalue weighted by Crippen LogP contribution is -2.60. The summed E-state index contributed by atoms with van der Waals surface area (Å²) < 4.78 is 0. The van der Waals surface area contributed by atoms with Crippen molar-refractivity contribution in [2.24, 2.45) is 10.8 Å². The van der Waals surface area contributed by atoms with Gasteiger partial charge in [0.05, 0.1) is 6.42 Å². The Hall–Kier alpha value is -0.570. The minimum absolute atomic E-state index is 0.284. The van der Waals surface area contributed by atoms with Crippen LogP contribution in [0.3, 0.4) is 0 Å². The van der Waals surface area contributed by atoms with Crippen LogP contribution in [0.5, 0.6) is 0 Å². The summed E-state index contributed by atoms with van der Waals surface area (Å²) in [7, 11) is 0. The molecule has 2 heterocycles. The van der Waals surface area contributed by atoms with E-state index in [0.717, 1.165) is 19.6 Å². The maximum absolute atomic E-state index is 10.5. The second-order valence-electron chi connectivity index (χ2n) is 5.83. The molecular weight excluding hydrogens is 178 g/mol. The molecule has 0 spiro atoms. The topological polar surface area (TPSA) is 40.5 Å². The van der Waals surface area contributed by atoms with E-state index in [4.69, 9.17) is 5.11 Å². The molecule has 1 N–H and O–H groups in total. The lowest BCUT2D eigenvalue weighted by atomic mass is 9.51. The smallest absolute Gasteiger partial charge is 0.304 e. The van der Waals surface area contributed by atoms with Crippen LogP contribution in [0.25, 0.3) is 0 Å². The number of carbonyl (C=O) groups is 1. The Morgan fingerprint density at radius 3 is 2.21 bits per heavy atom. The second kappa shape index (κ2) is 2.96. The summed E-state index contributed by atoms with van der Waals surface area (Å²) in [6, 6.07) is 0. The van der Waals surface area contributed by atoms with Crippen molar-refractivity contribution in [3.8, 4) is 0 Å². The average molecular weight is 197 g/mol. The van der Waals surface area contributed by atoms with Gasteiger partial charge in [-0.1, -0.05) is 13.8 Å². The quantitative estimate of drug-likeness (QED) is 0.746. The molecule has 14 heavy (non-hydrogen) atoms. The molecule has 1 aliphatic carbocycles. The van der Waals surface area contributed by atoms with E-state index in [9.17, 15) is 4.79 Å². The number of rotatable bonds is 3. The van der Waals surface area contributed by atoms with Gasteiger partial charge in [-0.3, -0.25) is 4.79 Å². The molecule has 3 nitrogen and oxygen atoms in total. The van der Waals surface area contributed by atoms with E-state index in [1.807, 2.05) is 0 Å². The molecule has 3 heteroatoms. The first-order chi connectivity index (χ1) is 6.41. The number of carboxylic acid groups (broad SMARTS) is 1. The molecule has 2 aliphatic heterocycles. The summed E-state index contributed by atoms with van der Waals surface area (Å²) in [4.78, 5) is 12.8. The van der Waals surface area contributed by atoms with Crippen LogP contribution >= 0.6 is 0 Å².